The summed E-state index contributed by atoms with van der Waals surface area (Å²) in [6, 6.07) is 0. The van der Waals surface area contributed by atoms with E-state index in [0.29, 0.717) is 18.5 Å². The maximum absolute atomic E-state index is 10.0. The molecule has 0 N–H and O–H groups in total. The molecule has 2 nitrogen and oxygen atoms in total. The molecule has 0 fully saturated rings. The molecule has 0 aliphatic carbocycles. The van der Waals surface area contributed by atoms with E-state index in [9.17, 15) is 9.59 Å². The molecule has 0 aliphatic rings. The summed E-state index contributed by atoms with van der Waals surface area (Å²) in [5.41, 5.74) is 0.244. The third kappa shape index (κ3) is 4.01. The summed E-state index contributed by atoms with van der Waals surface area (Å²) >= 11 is 0. The van der Waals surface area contributed by atoms with Crippen LogP contribution in [0.25, 0.3) is 0 Å². The monoisotopic (exact) mass is 140 g/mol. The molecule has 0 bridgehead atoms. The molecule has 0 saturated heterocycles. The third-order valence-electron chi connectivity index (χ3n) is 1.10. The van der Waals surface area contributed by atoms with Crippen LogP contribution in [0.15, 0.2) is 11.6 Å². The van der Waals surface area contributed by atoms with Crippen molar-refractivity contribution in [3.05, 3.63) is 11.6 Å². The van der Waals surface area contributed by atoms with Crippen LogP contribution in [0.3, 0.4) is 0 Å². The van der Waals surface area contributed by atoms with Crippen molar-refractivity contribution in [1.82, 2.24) is 0 Å². The highest BCUT2D eigenvalue weighted by molar-refractivity contribution is 5.99. The van der Waals surface area contributed by atoms with E-state index in [1.165, 1.54) is 0 Å². The van der Waals surface area contributed by atoms with Gasteiger partial charge in [0.25, 0.3) is 0 Å². The minimum absolute atomic E-state index is 0.244. The second-order valence-electron chi connectivity index (χ2n) is 2.57. The number of rotatable bonds is 4. The lowest BCUT2D eigenvalue weighted by molar-refractivity contribution is -0.109. The van der Waals surface area contributed by atoms with Crippen molar-refractivity contribution in [2.45, 2.75) is 20.3 Å². The maximum Gasteiger partial charge on any atom is 0.153 e. The molecule has 0 amide bonds. The molecular formula is C8H12O2. The fourth-order valence-corrected chi connectivity index (χ4v) is 0.496. The fourth-order valence-electron chi connectivity index (χ4n) is 0.496. The van der Waals surface area contributed by atoms with E-state index in [2.05, 4.69) is 0 Å². The van der Waals surface area contributed by atoms with Crippen molar-refractivity contribution in [3.8, 4) is 0 Å². The van der Waals surface area contributed by atoms with Gasteiger partial charge in [0.15, 0.2) is 12.6 Å². The maximum atomic E-state index is 10.0. The SMILES string of the molecule is CC(C)CC=C(C=O)C=O. The average molecular weight is 140 g/mol. The molecule has 2 heteroatoms. The van der Waals surface area contributed by atoms with Crippen LogP contribution in [0, 0.1) is 5.92 Å². The summed E-state index contributed by atoms with van der Waals surface area (Å²) in [5.74, 6) is 0.495. The number of allylic oxidation sites excluding steroid dienone is 2. The number of carbonyl (C=O) groups excluding carboxylic acids is 2. The highest BCUT2D eigenvalue weighted by atomic mass is 16.1. The van der Waals surface area contributed by atoms with E-state index in [4.69, 9.17) is 0 Å². The minimum atomic E-state index is 0.244. The first-order valence-electron chi connectivity index (χ1n) is 3.31. The summed E-state index contributed by atoms with van der Waals surface area (Å²) in [4.78, 5) is 20.1. The van der Waals surface area contributed by atoms with Crippen LogP contribution in [0.2, 0.25) is 0 Å². The van der Waals surface area contributed by atoms with E-state index in [1.54, 1.807) is 6.08 Å². The molecular weight excluding hydrogens is 128 g/mol. The second-order valence-corrected chi connectivity index (χ2v) is 2.57. The zero-order chi connectivity index (χ0) is 7.98. The molecule has 0 aromatic heterocycles. The Morgan fingerprint density at radius 1 is 1.30 bits per heavy atom. The van der Waals surface area contributed by atoms with Crippen LogP contribution in [0.4, 0.5) is 0 Å². The average Bonchev–Trinajstić information content (AvgIpc) is 1.90. The molecule has 10 heavy (non-hydrogen) atoms. The van der Waals surface area contributed by atoms with Gasteiger partial charge in [-0.3, -0.25) is 9.59 Å². The van der Waals surface area contributed by atoms with E-state index < -0.39 is 0 Å². The first-order valence-corrected chi connectivity index (χ1v) is 3.31. The van der Waals surface area contributed by atoms with Gasteiger partial charge in [0.1, 0.15) is 0 Å². The van der Waals surface area contributed by atoms with Gasteiger partial charge in [-0.15, -0.1) is 0 Å². The normalized spacial score (nSPS) is 9.10. The van der Waals surface area contributed by atoms with E-state index >= 15 is 0 Å². The standard InChI is InChI=1S/C8H12O2/c1-7(2)3-4-8(5-9)6-10/h4-7H,3H2,1-2H3. The molecule has 0 aliphatic heterocycles. The highest BCUT2D eigenvalue weighted by Gasteiger charge is 1.92. The Morgan fingerprint density at radius 2 is 1.80 bits per heavy atom. The van der Waals surface area contributed by atoms with Gasteiger partial charge in [0.05, 0.1) is 5.57 Å². The molecule has 0 unspecified atom stereocenters. The molecule has 0 radical (unpaired) electrons. The number of hydrogen-bond donors (Lipinski definition) is 0. The van der Waals surface area contributed by atoms with Crippen molar-refractivity contribution in [2.75, 3.05) is 0 Å². The predicted molar refractivity (Wildman–Crippen MR) is 39.7 cm³/mol. The smallest absolute Gasteiger partial charge is 0.153 e. The quantitative estimate of drug-likeness (QED) is 0.256. The molecule has 0 heterocycles. The zero-order valence-corrected chi connectivity index (χ0v) is 6.33. The minimum Gasteiger partial charge on any atom is -0.298 e. The Morgan fingerprint density at radius 3 is 2.10 bits per heavy atom. The lowest BCUT2D eigenvalue weighted by Gasteiger charge is -1.95. The number of hydrogen-bond acceptors (Lipinski definition) is 2. The van der Waals surface area contributed by atoms with Gasteiger partial charge < -0.3 is 0 Å². The van der Waals surface area contributed by atoms with Crippen LogP contribution in [0.5, 0.6) is 0 Å². The lowest BCUT2D eigenvalue weighted by Crippen LogP contribution is -1.88. The van der Waals surface area contributed by atoms with Crippen LogP contribution < -0.4 is 0 Å². The van der Waals surface area contributed by atoms with Gasteiger partial charge in [-0.05, 0) is 12.3 Å². The summed E-state index contributed by atoms with van der Waals surface area (Å²) in [6.07, 6.45) is 3.60. The van der Waals surface area contributed by atoms with Crippen LogP contribution >= 0.6 is 0 Å². The Hall–Kier alpha value is -0.920. The Balaban J connectivity index is 3.86. The summed E-state index contributed by atoms with van der Waals surface area (Å²) in [6.45, 7) is 4.06. The number of aldehydes is 2. The Labute approximate surface area is 60.9 Å². The fraction of sp³-hybridized carbons (Fsp3) is 0.500. The number of carbonyl (C=O) groups is 2. The Bertz CT molecular complexity index is 135. The van der Waals surface area contributed by atoms with Crippen molar-refractivity contribution in [3.63, 3.8) is 0 Å². The van der Waals surface area contributed by atoms with Gasteiger partial charge in [0, 0.05) is 0 Å². The van der Waals surface area contributed by atoms with E-state index in [-0.39, 0.29) is 5.57 Å². The van der Waals surface area contributed by atoms with Crippen molar-refractivity contribution in [2.24, 2.45) is 5.92 Å². The van der Waals surface area contributed by atoms with Crippen LogP contribution in [-0.2, 0) is 9.59 Å². The largest absolute Gasteiger partial charge is 0.298 e. The molecule has 0 atom stereocenters. The molecule has 56 valence electrons. The van der Waals surface area contributed by atoms with Crippen LogP contribution in [-0.4, -0.2) is 12.6 Å². The second kappa shape index (κ2) is 4.91. The van der Waals surface area contributed by atoms with Gasteiger partial charge >= 0.3 is 0 Å². The van der Waals surface area contributed by atoms with Crippen molar-refractivity contribution in [1.29, 1.82) is 0 Å². The summed E-state index contributed by atoms with van der Waals surface area (Å²) in [5, 5.41) is 0. The Kier molecular flexibility index (Phi) is 4.46. The van der Waals surface area contributed by atoms with Crippen LogP contribution in [0.1, 0.15) is 20.3 Å². The zero-order valence-electron chi connectivity index (χ0n) is 6.33. The van der Waals surface area contributed by atoms with Gasteiger partial charge in [0.2, 0.25) is 0 Å². The molecule has 0 aromatic rings. The van der Waals surface area contributed by atoms with E-state index in [0.717, 1.165) is 6.42 Å². The molecule has 0 aromatic carbocycles. The predicted octanol–water partition coefficient (Wildman–Crippen LogP) is 1.36. The molecule has 0 rings (SSSR count). The first-order chi connectivity index (χ1) is 4.70. The van der Waals surface area contributed by atoms with Crippen molar-refractivity contribution >= 4 is 12.6 Å². The van der Waals surface area contributed by atoms with Gasteiger partial charge in [-0.25, -0.2) is 0 Å². The summed E-state index contributed by atoms with van der Waals surface area (Å²) in [7, 11) is 0. The molecule has 0 spiro atoms. The lowest BCUT2D eigenvalue weighted by atomic mass is 10.1. The third-order valence-corrected chi connectivity index (χ3v) is 1.10. The highest BCUT2D eigenvalue weighted by Crippen LogP contribution is 2.01. The van der Waals surface area contributed by atoms with Gasteiger partial charge in [-0.1, -0.05) is 19.9 Å². The summed E-state index contributed by atoms with van der Waals surface area (Å²) < 4.78 is 0. The topological polar surface area (TPSA) is 34.1 Å². The first kappa shape index (κ1) is 9.08. The van der Waals surface area contributed by atoms with Gasteiger partial charge in [-0.2, -0.15) is 0 Å². The van der Waals surface area contributed by atoms with E-state index in [1.807, 2.05) is 13.8 Å². The molecule has 0 saturated carbocycles. The van der Waals surface area contributed by atoms with Crippen molar-refractivity contribution < 1.29 is 9.59 Å².